The monoisotopic (exact) mass is 248 g/mol. The molecule has 0 heterocycles. The van der Waals surface area contributed by atoms with Crippen LogP contribution in [0.3, 0.4) is 0 Å². The van der Waals surface area contributed by atoms with Gasteiger partial charge in [-0.3, -0.25) is 4.79 Å². The largest absolute Gasteiger partial charge is 0.324 e. The van der Waals surface area contributed by atoms with E-state index in [2.05, 4.69) is 25.2 Å². The summed E-state index contributed by atoms with van der Waals surface area (Å²) >= 11 is 0. The topological polar surface area (TPSA) is 55.1 Å². The molecule has 3 heteroatoms. The zero-order valence-corrected chi connectivity index (χ0v) is 11.8. The van der Waals surface area contributed by atoms with Gasteiger partial charge in [0.05, 0.1) is 5.54 Å². The molecule has 0 atom stereocenters. The third-order valence-electron chi connectivity index (χ3n) is 3.53. The van der Waals surface area contributed by atoms with Crippen molar-refractivity contribution < 1.29 is 4.79 Å². The van der Waals surface area contributed by atoms with Crippen LogP contribution in [0.2, 0.25) is 0 Å². The van der Waals surface area contributed by atoms with Gasteiger partial charge in [-0.2, -0.15) is 0 Å². The third kappa shape index (κ3) is 3.33. The summed E-state index contributed by atoms with van der Waals surface area (Å²) < 4.78 is 0. The number of amides is 1. The highest BCUT2D eigenvalue weighted by Gasteiger charge is 2.29. The highest BCUT2D eigenvalue weighted by molar-refractivity contribution is 5.97. The molecule has 100 valence electrons. The molecule has 18 heavy (non-hydrogen) atoms. The highest BCUT2D eigenvalue weighted by atomic mass is 16.2. The van der Waals surface area contributed by atoms with Crippen LogP contribution >= 0.6 is 0 Å². The molecule has 0 bridgehead atoms. The minimum absolute atomic E-state index is 0.103. The molecule has 1 amide bonds. The summed E-state index contributed by atoms with van der Waals surface area (Å²) in [5.41, 5.74) is 7.34. The summed E-state index contributed by atoms with van der Waals surface area (Å²) in [4.78, 5) is 12.1. The third-order valence-corrected chi connectivity index (χ3v) is 3.53. The van der Waals surface area contributed by atoms with Crippen LogP contribution in [0, 0.1) is 0 Å². The number of carbonyl (C=O) groups is 1. The van der Waals surface area contributed by atoms with Crippen molar-refractivity contribution in [2.75, 3.05) is 5.32 Å². The predicted molar refractivity (Wildman–Crippen MR) is 76.7 cm³/mol. The minimum atomic E-state index is -0.770. The number of hydrogen-bond donors (Lipinski definition) is 2. The Bertz CT molecular complexity index is 409. The summed E-state index contributed by atoms with van der Waals surface area (Å²) in [5, 5.41) is 2.92. The van der Waals surface area contributed by atoms with E-state index in [1.807, 2.05) is 32.0 Å². The van der Waals surface area contributed by atoms with Gasteiger partial charge in [0, 0.05) is 5.69 Å². The van der Waals surface area contributed by atoms with E-state index in [9.17, 15) is 4.79 Å². The molecular weight excluding hydrogens is 224 g/mol. The zero-order valence-electron chi connectivity index (χ0n) is 11.8. The van der Waals surface area contributed by atoms with Gasteiger partial charge in [0.1, 0.15) is 0 Å². The van der Waals surface area contributed by atoms with Crippen LogP contribution in [0.25, 0.3) is 0 Å². The van der Waals surface area contributed by atoms with E-state index in [0.717, 1.165) is 5.69 Å². The normalized spacial score (nSPS) is 11.7. The second-order valence-electron chi connectivity index (χ2n) is 5.10. The number of nitrogens with one attached hydrogen (secondary N) is 1. The van der Waals surface area contributed by atoms with E-state index in [4.69, 9.17) is 5.73 Å². The molecular formula is C15H24N2O. The van der Waals surface area contributed by atoms with Crippen molar-refractivity contribution in [3.63, 3.8) is 0 Å². The van der Waals surface area contributed by atoms with Crippen LogP contribution in [-0.4, -0.2) is 11.4 Å². The molecule has 0 radical (unpaired) electrons. The summed E-state index contributed by atoms with van der Waals surface area (Å²) in [6.07, 6.45) is 1.28. The van der Waals surface area contributed by atoms with Gasteiger partial charge in [-0.1, -0.05) is 39.8 Å². The average Bonchev–Trinajstić information content (AvgIpc) is 2.38. The van der Waals surface area contributed by atoms with Gasteiger partial charge in [-0.15, -0.1) is 0 Å². The fourth-order valence-electron chi connectivity index (χ4n) is 1.80. The maximum absolute atomic E-state index is 12.1. The molecule has 0 aromatic heterocycles. The molecule has 1 aromatic rings. The molecule has 0 fully saturated rings. The van der Waals surface area contributed by atoms with Crippen LogP contribution in [0.5, 0.6) is 0 Å². The maximum Gasteiger partial charge on any atom is 0.244 e. The van der Waals surface area contributed by atoms with Crippen molar-refractivity contribution in [3.8, 4) is 0 Å². The quantitative estimate of drug-likeness (QED) is 0.840. The number of rotatable bonds is 5. The molecule has 1 aromatic carbocycles. The Morgan fingerprint density at radius 3 is 2.44 bits per heavy atom. The lowest BCUT2D eigenvalue weighted by molar-refractivity contribution is -0.121. The maximum atomic E-state index is 12.1. The van der Waals surface area contributed by atoms with Gasteiger partial charge in [0.25, 0.3) is 0 Å². The number of carbonyl (C=O) groups excluding carboxylic acids is 1. The predicted octanol–water partition coefficient (Wildman–Crippen LogP) is 3.27. The van der Waals surface area contributed by atoms with Gasteiger partial charge in [-0.25, -0.2) is 0 Å². The van der Waals surface area contributed by atoms with Crippen molar-refractivity contribution in [1.82, 2.24) is 0 Å². The Hall–Kier alpha value is -1.35. The van der Waals surface area contributed by atoms with E-state index < -0.39 is 5.54 Å². The highest BCUT2D eigenvalue weighted by Crippen LogP contribution is 2.20. The van der Waals surface area contributed by atoms with Gasteiger partial charge in [0.15, 0.2) is 0 Å². The van der Waals surface area contributed by atoms with E-state index in [1.54, 1.807) is 0 Å². The molecule has 3 N–H and O–H groups in total. The van der Waals surface area contributed by atoms with Gasteiger partial charge < -0.3 is 11.1 Å². The average molecular weight is 248 g/mol. The van der Waals surface area contributed by atoms with E-state index >= 15 is 0 Å². The van der Waals surface area contributed by atoms with Crippen LogP contribution < -0.4 is 11.1 Å². The number of nitrogens with two attached hydrogens (primary N) is 1. The summed E-state index contributed by atoms with van der Waals surface area (Å²) in [7, 11) is 0. The Labute approximate surface area is 110 Å². The number of anilines is 1. The smallest absolute Gasteiger partial charge is 0.244 e. The van der Waals surface area contributed by atoms with Crippen LogP contribution in [0.15, 0.2) is 24.3 Å². The van der Waals surface area contributed by atoms with Crippen molar-refractivity contribution in [2.45, 2.75) is 52.0 Å². The van der Waals surface area contributed by atoms with Gasteiger partial charge in [-0.05, 0) is 36.5 Å². The Balaban J connectivity index is 2.85. The SMILES string of the molecule is CCC(N)(CC)C(=O)Nc1cccc(C(C)C)c1. The molecule has 0 aliphatic rings. The molecule has 1 rings (SSSR count). The van der Waals surface area contributed by atoms with E-state index in [-0.39, 0.29) is 5.91 Å². The molecule has 0 aliphatic carbocycles. The molecule has 0 unspecified atom stereocenters. The number of benzene rings is 1. The zero-order chi connectivity index (χ0) is 13.8. The molecule has 0 saturated carbocycles. The minimum Gasteiger partial charge on any atom is -0.324 e. The Morgan fingerprint density at radius 2 is 1.94 bits per heavy atom. The van der Waals surface area contributed by atoms with Crippen LogP contribution in [-0.2, 0) is 4.79 Å². The van der Waals surface area contributed by atoms with Crippen molar-refractivity contribution in [3.05, 3.63) is 29.8 Å². The molecule has 0 aliphatic heterocycles. The van der Waals surface area contributed by atoms with Crippen LogP contribution in [0.1, 0.15) is 52.0 Å². The second kappa shape index (κ2) is 6.01. The van der Waals surface area contributed by atoms with Gasteiger partial charge in [0.2, 0.25) is 5.91 Å². The summed E-state index contributed by atoms with van der Waals surface area (Å²) in [5.74, 6) is 0.343. The first-order valence-electron chi connectivity index (χ1n) is 6.63. The van der Waals surface area contributed by atoms with Crippen molar-refractivity contribution in [1.29, 1.82) is 0 Å². The first-order chi connectivity index (χ1) is 8.42. The summed E-state index contributed by atoms with van der Waals surface area (Å²) in [6.45, 7) is 8.14. The van der Waals surface area contributed by atoms with E-state index in [1.165, 1.54) is 5.56 Å². The number of hydrogen-bond acceptors (Lipinski definition) is 2. The Kier molecular flexibility index (Phi) is 4.91. The molecule has 0 spiro atoms. The molecule has 3 nitrogen and oxygen atoms in total. The fourth-order valence-corrected chi connectivity index (χ4v) is 1.80. The first-order valence-corrected chi connectivity index (χ1v) is 6.63. The first kappa shape index (κ1) is 14.7. The molecule has 0 saturated heterocycles. The fraction of sp³-hybridized carbons (Fsp3) is 0.533. The van der Waals surface area contributed by atoms with Crippen LogP contribution in [0.4, 0.5) is 5.69 Å². The standard InChI is InChI=1S/C15H24N2O/c1-5-15(16,6-2)14(18)17-13-9-7-8-12(10-13)11(3)4/h7-11H,5-6,16H2,1-4H3,(H,17,18). The second-order valence-corrected chi connectivity index (χ2v) is 5.10. The van der Waals surface area contributed by atoms with Crippen molar-refractivity contribution in [2.24, 2.45) is 5.73 Å². The lowest BCUT2D eigenvalue weighted by atomic mass is 9.93. The Morgan fingerprint density at radius 1 is 1.33 bits per heavy atom. The van der Waals surface area contributed by atoms with Gasteiger partial charge >= 0.3 is 0 Å². The lowest BCUT2D eigenvalue weighted by Crippen LogP contribution is -2.50. The summed E-state index contributed by atoms with van der Waals surface area (Å²) in [6, 6.07) is 7.93. The van der Waals surface area contributed by atoms with Crippen molar-refractivity contribution >= 4 is 11.6 Å². The van der Waals surface area contributed by atoms with E-state index in [0.29, 0.717) is 18.8 Å². The lowest BCUT2D eigenvalue weighted by Gasteiger charge is -2.25.